The standard InChI is InChI=1S/C12H15NO/c1-2-5-13-11-7-10-4-6-14-12(10)8-9(11)3-1/h7-8,13H,1-6H2. The van der Waals surface area contributed by atoms with E-state index >= 15 is 0 Å². The molecular formula is C12H15NO. The van der Waals surface area contributed by atoms with Crippen LogP contribution in [-0.4, -0.2) is 13.2 Å². The van der Waals surface area contributed by atoms with Gasteiger partial charge in [-0.05, 0) is 42.5 Å². The van der Waals surface area contributed by atoms with Gasteiger partial charge < -0.3 is 10.1 Å². The summed E-state index contributed by atoms with van der Waals surface area (Å²) < 4.78 is 5.58. The first-order chi connectivity index (χ1) is 6.93. The molecule has 2 heteroatoms. The maximum absolute atomic E-state index is 5.58. The van der Waals surface area contributed by atoms with Crippen LogP contribution in [0.4, 0.5) is 5.69 Å². The molecule has 0 saturated carbocycles. The van der Waals surface area contributed by atoms with E-state index in [0.717, 1.165) is 25.3 Å². The van der Waals surface area contributed by atoms with Crippen LogP contribution in [0.2, 0.25) is 0 Å². The van der Waals surface area contributed by atoms with Crippen molar-refractivity contribution >= 4 is 5.69 Å². The highest BCUT2D eigenvalue weighted by Crippen LogP contribution is 2.33. The Labute approximate surface area is 84.3 Å². The quantitative estimate of drug-likeness (QED) is 0.676. The molecule has 0 radical (unpaired) electrons. The van der Waals surface area contributed by atoms with Crippen LogP contribution in [0.15, 0.2) is 12.1 Å². The predicted molar refractivity (Wildman–Crippen MR) is 57.1 cm³/mol. The lowest BCUT2D eigenvalue weighted by atomic mass is 10.0. The van der Waals surface area contributed by atoms with Crippen LogP contribution in [0.3, 0.4) is 0 Å². The second kappa shape index (κ2) is 3.19. The number of anilines is 1. The van der Waals surface area contributed by atoms with Crippen LogP contribution >= 0.6 is 0 Å². The van der Waals surface area contributed by atoms with Crippen LogP contribution in [0.5, 0.6) is 5.75 Å². The molecule has 0 unspecified atom stereocenters. The first-order valence-electron chi connectivity index (χ1n) is 5.46. The molecule has 14 heavy (non-hydrogen) atoms. The van der Waals surface area contributed by atoms with E-state index in [4.69, 9.17) is 4.74 Å². The summed E-state index contributed by atoms with van der Waals surface area (Å²) in [6.45, 7) is 1.98. The summed E-state index contributed by atoms with van der Waals surface area (Å²) in [5.74, 6) is 1.12. The summed E-state index contributed by atoms with van der Waals surface area (Å²) in [6.07, 6.45) is 4.84. The Morgan fingerprint density at radius 3 is 3.07 bits per heavy atom. The van der Waals surface area contributed by atoms with Crippen LogP contribution in [-0.2, 0) is 12.8 Å². The minimum absolute atomic E-state index is 0.859. The lowest BCUT2D eigenvalue weighted by Gasteiger charge is -2.09. The second-order valence-electron chi connectivity index (χ2n) is 4.10. The van der Waals surface area contributed by atoms with Gasteiger partial charge in [0.05, 0.1) is 6.61 Å². The molecule has 0 amide bonds. The number of nitrogens with one attached hydrogen (secondary N) is 1. The molecule has 2 nitrogen and oxygen atoms in total. The van der Waals surface area contributed by atoms with Crippen molar-refractivity contribution in [1.82, 2.24) is 0 Å². The van der Waals surface area contributed by atoms with E-state index in [1.165, 1.54) is 36.1 Å². The fourth-order valence-electron chi connectivity index (χ4n) is 2.30. The number of benzene rings is 1. The number of hydrogen-bond donors (Lipinski definition) is 1. The van der Waals surface area contributed by atoms with Crippen molar-refractivity contribution < 1.29 is 4.74 Å². The van der Waals surface area contributed by atoms with Gasteiger partial charge in [0, 0.05) is 18.7 Å². The van der Waals surface area contributed by atoms with Gasteiger partial charge in [0.25, 0.3) is 0 Å². The molecular weight excluding hydrogens is 174 g/mol. The zero-order chi connectivity index (χ0) is 9.38. The fourth-order valence-corrected chi connectivity index (χ4v) is 2.30. The minimum Gasteiger partial charge on any atom is -0.493 e. The molecule has 2 aliphatic rings. The van der Waals surface area contributed by atoms with Crippen molar-refractivity contribution in [3.05, 3.63) is 23.3 Å². The Balaban J connectivity index is 2.06. The van der Waals surface area contributed by atoms with E-state index in [0.29, 0.717) is 0 Å². The van der Waals surface area contributed by atoms with Gasteiger partial charge in [-0.15, -0.1) is 0 Å². The van der Waals surface area contributed by atoms with Gasteiger partial charge >= 0.3 is 0 Å². The molecule has 0 aliphatic carbocycles. The molecule has 0 aromatic heterocycles. The van der Waals surface area contributed by atoms with E-state index in [1.807, 2.05) is 0 Å². The molecule has 3 rings (SSSR count). The topological polar surface area (TPSA) is 21.3 Å². The number of ether oxygens (including phenoxy) is 1. The maximum Gasteiger partial charge on any atom is 0.123 e. The van der Waals surface area contributed by atoms with E-state index in [9.17, 15) is 0 Å². The molecule has 1 aromatic carbocycles. The van der Waals surface area contributed by atoms with E-state index < -0.39 is 0 Å². The monoisotopic (exact) mass is 189 g/mol. The lowest BCUT2D eigenvalue weighted by molar-refractivity contribution is 0.356. The highest BCUT2D eigenvalue weighted by molar-refractivity contribution is 5.59. The van der Waals surface area contributed by atoms with Crippen molar-refractivity contribution in [1.29, 1.82) is 0 Å². The maximum atomic E-state index is 5.58. The molecule has 0 spiro atoms. The van der Waals surface area contributed by atoms with Crippen molar-refractivity contribution in [2.75, 3.05) is 18.5 Å². The first-order valence-corrected chi connectivity index (χ1v) is 5.46. The Morgan fingerprint density at radius 2 is 2.07 bits per heavy atom. The Morgan fingerprint density at radius 1 is 1.07 bits per heavy atom. The second-order valence-corrected chi connectivity index (χ2v) is 4.10. The number of hydrogen-bond acceptors (Lipinski definition) is 2. The molecule has 2 aliphatic heterocycles. The summed E-state index contributed by atoms with van der Waals surface area (Å²) in [6, 6.07) is 4.51. The van der Waals surface area contributed by atoms with E-state index in [1.54, 1.807) is 0 Å². The van der Waals surface area contributed by atoms with Crippen LogP contribution < -0.4 is 10.1 Å². The lowest BCUT2D eigenvalue weighted by Crippen LogP contribution is -1.99. The number of fused-ring (bicyclic) bond motifs is 2. The molecule has 0 fully saturated rings. The Kier molecular flexibility index (Phi) is 1.86. The average Bonchev–Trinajstić information content (AvgIpc) is 2.51. The largest absolute Gasteiger partial charge is 0.493 e. The number of rotatable bonds is 0. The third-order valence-electron chi connectivity index (χ3n) is 3.10. The molecule has 1 aromatic rings. The van der Waals surface area contributed by atoms with Crippen LogP contribution in [0.1, 0.15) is 24.0 Å². The zero-order valence-electron chi connectivity index (χ0n) is 8.31. The van der Waals surface area contributed by atoms with Gasteiger partial charge in [-0.3, -0.25) is 0 Å². The fraction of sp³-hybridized carbons (Fsp3) is 0.500. The van der Waals surface area contributed by atoms with Crippen LogP contribution in [0, 0.1) is 0 Å². The third kappa shape index (κ3) is 1.26. The van der Waals surface area contributed by atoms with Crippen LogP contribution in [0.25, 0.3) is 0 Å². The van der Waals surface area contributed by atoms with Crippen molar-refractivity contribution in [3.8, 4) is 5.75 Å². The van der Waals surface area contributed by atoms with Gasteiger partial charge in [-0.25, -0.2) is 0 Å². The highest BCUT2D eigenvalue weighted by Gasteiger charge is 2.16. The summed E-state index contributed by atoms with van der Waals surface area (Å²) in [5, 5.41) is 3.50. The van der Waals surface area contributed by atoms with Gasteiger partial charge in [0.2, 0.25) is 0 Å². The van der Waals surface area contributed by atoms with Gasteiger partial charge in [-0.1, -0.05) is 0 Å². The first kappa shape index (κ1) is 8.16. The SMILES string of the molecule is c1c2c(cc3c1NCCCC3)OCC2. The third-order valence-corrected chi connectivity index (χ3v) is 3.10. The summed E-state index contributed by atoms with van der Waals surface area (Å²) in [7, 11) is 0. The van der Waals surface area contributed by atoms with Crippen molar-refractivity contribution in [2.45, 2.75) is 25.7 Å². The van der Waals surface area contributed by atoms with Crippen molar-refractivity contribution in [3.63, 3.8) is 0 Å². The molecule has 1 N–H and O–H groups in total. The minimum atomic E-state index is 0.859. The van der Waals surface area contributed by atoms with Gasteiger partial charge in [0.1, 0.15) is 5.75 Å². The molecule has 0 bridgehead atoms. The molecule has 2 heterocycles. The van der Waals surface area contributed by atoms with E-state index in [2.05, 4.69) is 17.4 Å². The summed E-state index contributed by atoms with van der Waals surface area (Å²) in [4.78, 5) is 0. The zero-order valence-corrected chi connectivity index (χ0v) is 8.31. The highest BCUT2D eigenvalue weighted by atomic mass is 16.5. The summed E-state index contributed by atoms with van der Waals surface area (Å²) >= 11 is 0. The average molecular weight is 189 g/mol. The molecule has 0 atom stereocenters. The number of aryl methyl sites for hydroxylation is 1. The summed E-state index contributed by atoms with van der Waals surface area (Å²) in [5.41, 5.74) is 4.15. The van der Waals surface area contributed by atoms with Crippen molar-refractivity contribution in [2.24, 2.45) is 0 Å². The van der Waals surface area contributed by atoms with E-state index in [-0.39, 0.29) is 0 Å². The molecule has 0 saturated heterocycles. The Bertz CT molecular complexity index is 327. The Hall–Kier alpha value is -1.18. The molecule has 74 valence electrons. The van der Waals surface area contributed by atoms with Gasteiger partial charge in [0.15, 0.2) is 0 Å². The smallest absolute Gasteiger partial charge is 0.123 e. The predicted octanol–water partition coefficient (Wildman–Crippen LogP) is 2.37. The van der Waals surface area contributed by atoms with Gasteiger partial charge in [-0.2, -0.15) is 0 Å². The normalized spacial score (nSPS) is 18.9.